The first kappa shape index (κ1) is 25.9. The lowest BCUT2D eigenvalue weighted by Gasteiger charge is -2.30. The van der Waals surface area contributed by atoms with E-state index in [2.05, 4.69) is 34.7 Å². The van der Waals surface area contributed by atoms with E-state index in [0.717, 1.165) is 42.6 Å². The first-order chi connectivity index (χ1) is 19.6. The first-order valence-electron chi connectivity index (χ1n) is 14.1. The molecule has 0 unspecified atom stereocenters. The number of amides is 2. The maximum Gasteiger partial charge on any atom is 0.254 e. The van der Waals surface area contributed by atoms with Gasteiger partial charge in [-0.05, 0) is 71.8 Å². The summed E-state index contributed by atoms with van der Waals surface area (Å²) in [6.45, 7) is 1.56. The Bertz CT molecular complexity index is 1440. The van der Waals surface area contributed by atoms with Crippen LogP contribution in [0.3, 0.4) is 0 Å². The lowest BCUT2D eigenvalue weighted by atomic mass is 10.0. The van der Waals surface area contributed by atoms with Gasteiger partial charge in [-0.25, -0.2) is 0 Å². The van der Waals surface area contributed by atoms with Gasteiger partial charge < -0.3 is 15.0 Å². The van der Waals surface area contributed by atoms with Crippen LogP contribution in [0.25, 0.3) is 0 Å². The maximum atomic E-state index is 14.0. The molecule has 3 aromatic carbocycles. The van der Waals surface area contributed by atoms with E-state index >= 15 is 0 Å². The Hall–Kier alpha value is -4.39. The van der Waals surface area contributed by atoms with Crippen LogP contribution in [0.4, 0.5) is 0 Å². The highest BCUT2D eigenvalue weighted by Crippen LogP contribution is 2.27. The molecule has 6 rings (SSSR count). The molecule has 4 aromatic rings. The molecule has 1 N–H and O–H groups in total. The highest BCUT2D eigenvalue weighted by Gasteiger charge is 2.31. The molecule has 1 atom stereocenters. The third-order valence-corrected chi connectivity index (χ3v) is 7.81. The van der Waals surface area contributed by atoms with Crippen molar-refractivity contribution in [1.82, 2.24) is 20.0 Å². The Labute approximate surface area is 234 Å². The first-order valence-corrected chi connectivity index (χ1v) is 14.1. The van der Waals surface area contributed by atoms with Gasteiger partial charge in [0.15, 0.2) is 0 Å². The second-order valence-corrected chi connectivity index (χ2v) is 10.7. The van der Waals surface area contributed by atoms with Gasteiger partial charge in [0.25, 0.3) is 5.91 Å². The van der Waals surface area contributed by atoms with Crippen molar-refractivity contribution in [1.29, 1.82) is 0 Å². The largest absolute Gasteiger partial charge is 0.490 e. The van der Waals surface area contributed by atoms with Gasteiger partial charge in [-0.1, -0.05) is 48.5 Å². The van der Waals surface area contributed by atoms with E-state index in [1.807, 2.05) is 65.5 Å². The number of nitrogens with zero attached hydrogens (tertiary/aromatic N) is 3. The average Bonchev–Trinajstić information content (AvgIpc) is 3.58. The third-order valence-electron chi connectivity index (χ3n) is 7.81. The number of fused-ring (bicyclic) bond motifs is 1. The fourth-order valence-corrected chi connectivity index (χ4v) is 5.76. The normalized spacial score (nSPS) is 17.1. The van der Waals surface area contributed by atoms with Crippen LogP contribution in [0.2, 0.25) is 0 Å². The third kappa shape index (κ3) is 5.93. The quantitative estimate of drug-likeness (QED) is 0.353. The Morgan fingerprint density at radius 1 is 0.950 bits per heavy atom. The van der Waals surface area contributed by atoms with Crippen molar-refractivity contribution >= 4 is 11.8 Å². The van der Waals surface area contributed by atoms with Crippen molar-refractivity contribution in [3.8, 4) is 5.75 Å². The summed E-state index contributed by atoms with van der Waals surface area (Å²) in [6.07, 6.45) is 8.05. The van der Waals surface area contributed by atoms with Gasteiger partial charge in [-0.15, -0.1) is 0 Å². The molecule has 1 saturated heterocycles. The summed E-state index contributed by atoms with van der Waals surface area (Å²) < 4.78 is 8.12. The minimum absolute atomic E-state index is 0.0840. The van der Waals surface area contributed by atoms with Gasteiger partial charge >= 0.3 is 0 Å². The molecule has 7 heteroatoms. The summed E-state index contributed by atoms with van der Waals surface area (Å²) in [5.41, 5.74) is 5.22. The molecule has 0 saturated carbocycles. The van der Waals surface area contributed by atoms with Gasteiger partial charge in [0.05, 0.1) is 6.54 Å². The zero-order valence-corrected chi connectivity index (χ0v) is 22.5. The minimum Gasteiger partial charge on any atom is -0.490 e. The molecule has 1 aromatic heterocycles. The highest BCUT2D eigenvalue weighted by atomic mass is 16.5. The molecule has 2 aliphatic rings. The van der Waals surface area contributed by atoms with Crippen LogP contribution in [0.15, 0.2) is 91.3 Å². The van der Waals surface area contributed by atoms with E-state index in [0.29, 0.717) is 31.6 Å². The number of aromatic nitrogens is 2. The predicted molar refractivity (Wildman–Crippen MR) is 153 cm³/mol. The highest BCUT2D eigenvalue weighted by molar-refractivity contribution is 5.97. The summed E-state index contributed by atoms with van der Waals surface area (Å²) >= 11 is 0. The molecule has 0 bridgehead atoms. The zero-order valence-electron chi connectivity index (χ0n) is 22.5. The molecule has 0 radical (unpaired) electrons. The fourth-order valence-electron chi connectivity index (χ4n) is 5.76. The molecule has 1 aliphatic carbocycles. The molecular formula is C33H34N4O3. The zero-order chi connectivity index (χ0) is 27.3. The molecule has 7 nitrogen and oxygen atoms in total. The number of hydrogen-bond donors (Lipinski definition) is 1. The van der Waals surface area contributed by atoms with Crippen LogP contribution < -0.4 is 10.1 Å². The fraction of sp³-hybridized carbons (Fsp3) is 0.303. The van der Waals surface area contributed by atoms with Crippen molar-refractivity contribution in [3.05, 3.63) is 119 Å². The second kappa shape index (κ2) is 11.8. The van der Waals surface area contributed by atoms with Crippen molar-refractivity contribution in [2.45, 2.75) is 57.3 Å². The van der Waals surface area contributed by atoms with Gasteiger partial charge in [0, 0.05) is 43.9 Å². The molecule has 204 valence electrons. The lowest BCUT2D eigenvalue weighted by molar-refractivity contribution is -0.125. The van der Waals surface area contributed by atoms with Crippen LogP contribution in [-0.4, -0.2) is 45.2 Å². The maximum absolute atomic E-state index is 14.0. The molecule has 2 amide bonds. The number of hydrogen-bond acceptors (Lipinski definition) is 4. The topological polar surface area (TPSA) is 76.5 Å². The van der Waals surface area contributed by atoms with E-state index in [1.54, 1.807) is 11.1 Å². The number of rotatable bonds is 8. The van der Waals surface area contributed by atoms with E-state index in [4.69, 9.17) is 4.74 Å². The average molecular weight is 535 g/mol. The number of carbonyl (C=O) groups is 2. The van der Waals surface area contributed by atoms with Crippen molar-refractivity contribution in [3.63, 3.8) is 0 Å². The van der Waals surface area contributed by atoms with E-state index in [-0.39, 0.29) is 17.9 Å². The summed E-state index contributed by atoms with van der Waals surface area (Å²) in [6, 6.07) is 25.4. The molecule has 0 spiro atoms. The summed E-state index contributed by atoms with van der Waals surface area (Å²) in [4.78, 5) is 28.8. The predicted octanol–water partition coefficient (Wildman–Crippen LogP) is 4.79. The second-order valence-electron chi connectivity index (χ2n) is 10.7. The number of ether oxygens (including phenoxy) is 1. The van der Waals surface area contributed by atoms with Crippen molar-refractivity contribution < 1.29 is 14.3 Å². The Morgan fingerprint density at radius 3 is 2.50 bits per heavy atom. The lowest BCUT2D eigenvalue weighted by Crippen LogP contribution is -2.48. The SMILES string of the molecule is O=C1NCCCC[C@@H]1N(Cc1ccc(OC2Cc3ccccc3C2)cc1)C(=O)c1cccc(Cn2cccn2)c1. The monoisotopic (exact) mass is 534 g/mol. The molecule has 40 heavy (non-hydrogen) atoms. The van der Waals surface area contributed by atoms with E-state index in [9.17, 15) is 9.59 Å². The van der Waals surface area contributed by atoms with Gasteiger partial charge in [0.1, 0.15) is 17.9 Å². The summed E-state index contributed by atoms with van der Waals surface area (Å²) in [7, 11) is 0. The van der Waals surface area contributed by atoms with Crippen LogP contribution in [0.5, 0.6) is 5.75 Å². The molecule has 1 aliphatic heterocycles. The summed E-state index contributed by atoms with van der Waals surface area (Å²) in [5, 5.41) is 7.28. The van der Waals surface area contributed by atoms with Gasteiger partial charge in [-0.2, -0.15) is 5.10 Å². The Morgan fingerprint density at radius 2 is 1.75 bits per heavy atom. The smallest absolute Gasteiger partial charge is 0.254 e. The van der Waals surface area contributed by atoms with Crippen LogP contribution in [-0.2, 0) is 30.7 Å². The molecule has 2 heterocycles. The van der Waals surface area contributed by atoms with Crippen LogP contribution in [0, 0.1) is 0 Å². The summed E-state index contributed by atoms with van der Waals surface area (Å²) in [5.74, 6) is 0.589. The standard InChI is InChI=1S/C33H34N4O3/c38-32-31(11-3-4-16-34-32)37(33(39)28-10-5-7-25(19-28)22-36-18-6-17-35-36)23-24-12-14-29(15-13-24)40-30-20-26-8-1-2-9-27(26)21-30/h1-2,5-10,12-15,17-19,30-31H,3-4,11,16,20-23H2,(H,34,38)/t31-/m0/s1. The minimum atomic E-state index is -0.516. The Balaban J connectivity index is 1.19. The van der Waals surface area contributed by atoms with Crippen LogP contribution >= 0.6 is 0 Å². The van der Waals surface area contributed by atoms with Gasteiger partial charge in [0.2, 0.25) is 5.91 Å². The van der Waals surface area contributed by atoms with Crippen LogP contribution in [0.1, 0.15) is 51.9 Å². The van der Waals surface area contributed by atoms with Gasteiger partial charge in [-0.3, -0.25) is 14.3 Å². The Kier molecular flexibility index (Phi) is 7.62. The number of nitrogens with one attached hydrogen (secondary N) is 1. The number of carbonyl (C=O) groups excluding carboxylic acids is 2. The van der Waals surface area contributed by atoms with E-state index < -0.39 is 6.04 Å². The van der Waals surface area contributed by atoms with Crippen molar-refractivity contribution in [2.75, 3.05) is 6.54 Å². The van der Waals surface area contributed by atoms with E-state index in [1.165, 1.54) is 11.1 Å². The molecular weight excluding hydrogens is 500 g/mol. The number of benzene rings is 3. The molecule has 1 fully saturated rings. The van der Waals surface area contributed by atoms with Crippen molar-refractivity contribution in [2.24, 2.45) is 0 Å².